The van der Waals surface area contributed by atoms with Gasteiger partial charge in [0.25, 0.3) is 5.56 Å². The van der Waals surface area contributed by atoms with Crippen LogP contribution in [0, 0.1) is 12.8 Å². The Balaban J connectivity index is 1.33. The summed E-state index contributed by atoms with van der Waals surface area (Å²) in [4.78, 5) is 25.5. The standard InChI is InChI=1S/C24H30N4O3S2/c1-15-4-7-18(8-5-15)33(30,31)28-12-10-27(11-13-28)17(3)22-25-23(29)21-19-9-6-16(2)14-20(19)32-24(21)26-22/h4-5,7-8,16-17H,6,9-14H2,1-3H3,(H,25,26,29). The van der Waals surface area contributed by atoms with E-state index < -0.39 is 10.0 Å². The van der Waals surface area contributed by atoms with Crippen LogP contribution >= 0.6 is 11.3 Å². The lowest BCUT2D eigenvalue weighted by Gasteiger charge is -2.36. The van der Waals surface area contributed by atoms with E-state index in [0.29, 0.717) is 42.8 Å². The summed E-state index contributed by atoms with van der Waals surface area (Å²) in [5.74, 6) is 1.31. The zero-order chi connectivity index (χ0) is 23.3. The zero-order valence-electron chi connectivity index (χ0n) is 19.3. The Hall–Kier alpha value is -2.07. The van der Waals surface area contributed by atoms with Crippen LogP contribution in [-0.4, -0.2) is 53.8 Å². The van der Waals surface area contributed by atoms with Crippen molar-refractivity contribution in [3.63, 3.8) is 0 Å². The lowest BCUT2D eigenvalue weighted by Crippen LogP contribution is -2.49. The molecule has 5 rings (SSSR count). The van der Waals surface area contributed by atoms with Crippen LogP contribution in [0.1, 0.15) is 48.1 Å². The van der Waals surface area contributed by atoms with E-state index in [-0.39, 0.29) is 11.6 Å². The molecule has 1 aliphatic carbocycles. The maximum absolute atomic E-state index is 13.0. The average Bonchev–Trinajstić information content (AvgIpc) is 3.16. The third kappa shape index (κ3) is 4.16. The lowest BCUT2D eigenvalue weighted by molar-refractivity contribution is 0.141. The van der Waals surface area contributed by atoms with Crippen molar-refractivity contribution in [1.82, 2.24) is 19.2 Å². The molecule has 1 N–H and O–H groups in total. The summed E-state index contributed by atoms with van der Waals surface area (Å²) >= 11 is 1.66. The maximum Gasteiger partial charge on any atom is 0.259 e. The first-order valence-electron chi connectivity index (χ1n) is 11.6. The summed E-state index contributed by atoms with van der Waals surface area (Å²) in [6.45, 7) is 8.24. The number of benzene rings is 1. The van der Waals surface area contributed by atoms with Gasteiger partial charge < -0.3 is 4.98 Å². The van der Waals surface area contributed by atoms with Gasteiger partial charge in [-0.1, -0.05) is 24.6 Å². The van der Waals surface area contributed by atoms with Crippen LogP contribution in [0.25, 0.3) is 10.2 Å². The highest BCUT2D eigenvalue weighted by Gasteiger charge is 2.31. The van der Waals surface area contributed by atoms with Crippen molar-refractivity contribution in [2.45, 2.75) is 51.0 Å². The molecule has 2 unspecified atom stereocenters. The van der Waals surface area contributed by atoms with Crippen molar-refractivity contribution in [1.29, 1.82) is 0 Å². The van der Waals surface area contributed by atoms with Crippen LogP contribution in [0.5, 0.6) is 0 Å². The van der Waals surface area contributed by atoms with Gasteiger partial charge in [0.15, 0.2) is 0 Å². The number of hydrogen-bond donors (Lipinski definition) is 1. The molecule has 9 heteroatoms. The fraction of sp³-hybridized carbons (Fsp3) is 0.500. The van der Waals surface area contributed by atoms with Gasteiger partial charge in [0.1, 0.15) is 10.7 Å². The second-order valence-corrected chi connectivity index (χ2v) is 12.4. The average molecular weight is 487 g/mol. The van der Waals surface area contributed by atoms with Crippen LogP contribution < -0.4 is 5.56 Å². The monoisotopic (exact) mass is 486 g/mol. The minimum atomic E-state index is -3.50. The molecule has 2 aliphatic rings. The van der Waals surface area contributed by atoms with Gasteiger partial charge >= 0.3 is 0 Å². The number of nitrogens with zero attached hydrogens (tertiary/aromatic N) is 3. The Bertz CT molecular complexity index is 1340. The van der Waals surface area contributed by atoms with E-state index in [1.54, 1.807) is 27.8 Å². The molecule has 3 heterocycles. The molecule has 2 atom stereocenters. The molecule has 0 saturated carbocycles. The molecule has 1 aromatic carbocycles. The van der Waals surface area contributed by atoms with Gasteiger partial charge in [-0.3, -0.25) is 9.69 Å². The van der Waals surface area contributed by atoms with Crippen LogP contribution in [0.3, 0.4) is 0 Å². The summed E-state index contributed by atoms with van der Waals surface area (Å²) < 4.78 is 27.6. The number of H-pyrrole nitrogens is 1. The highest BCUT2D eigenvalue weighted by atomic mass is 32.2. The second-order valence-electron chi connectivity index (χ2n) is 9.41. The topological polar surface area (TPSA) is 86.4 Å². The van der Waals surface area contributed by atoms with Crippen LogP contribution in [0.2, 0.25) is 0 Å². The molecule has 1 aliphatic heterocycles. The van der Waals surface area contributed by atoms with Gasteiger partial charge in [0.05, 0.1) is 16.3 Å². The number of aromatic amines is 1. The van der Waals surface area contributed by atoms with Gasteiger partial charge in [-0.2, -0.15) is 4.31 Å². The predicted octanol–water partition coefficient (Wildman–Crippen LogP) is 3.49. The van der Waals surface area contributed by atoms with E-state index >= 15 is 0 Å². The van der Waals surface area contributed by atoms with Crippen molar-refractivity contribution in [2.75, 3.05) is 26.2 Å². The van der Waals surface area contributed by atoms with E-state index in [0.717, 1.165) is 35.0 Å². The molecule has 0 radical (unpaired) electrons. The van der Waals surface area contributed by atoms with Gasteiger partial charge in [0, 0.05) is 31.1 Å². The molecule has 1 saturated heterocycles. The molecule has 33 heavy (non-hydrogen) atoms. The highest BCUT2D eigenvalue weighted by Crippen LogP contribution is 2.36. The van der Waals surface area contributed by atoms with Crippen LogP contribution in [0.4, 0.5) is 0 Å². The third-order valence-corrected chi connectivity index (χ3v) is 10.1. The predicted molar refractivity (Wildman–Crippen MR) is 131 cm³/mol. The van der Waals surface area contributed by atoms with Crippen molar-refractivity contribution in [3.05, 3.63) is 56.4 Å². The van der Waals surface area contributed by atoms with Crippen LogP contribution in [-0.2, 0) is 22.9 Å². The number of thiophene rings is 1. The van der Waals surface area contributed by atoms with E-state index in [4.69, 9.17) is 4.98 Å². The number of piperazine rings is 1. The van der Waals surface area contributed by atoms with Gasteiger partial charge in [-0.25, -0.2) is 13.4 Å². The molecular formula is C24H30N4O3S2. The first-order valence-corrected chi connectivity index (χ1v) is 13.8. The SMILES string of the molecule is Cc1ccc(S(=O)(=O)N2CCN(C(C)c3nc4sc5c(c4c(=O)[nH]3)CCC(C)C5)CC2)cc1. The van der Waals surface area contributed by atoms with E-state index in [9.17, 15) is 13.2 Å². The Morgan fingerprint density at radius 2 is 1.85 bits per heavy atom. The minimum Gasteiger partial charge on any atom is -0.309 e. The molecule has 0 bridgehead atoms. The van der Waals surface area contributed by atoms with Crippen molar-refractivity contribution < 1.29 is 8.42 Å². The summed E-state index contributed by atoms with van der Waals surface area (Å²) in [5, 5.41) is 0.770. The summed E-state index contributed by atoms with van der Waals surface area (Å²) in [5.41, 5.74) is 2.18. The Kier molecular flexibility index (Phi) is 5.93. The number of rotatable bonds is 4. The molecule has 7 nitrogen and oxygen atoms in total. The largest absolute Gasteiger partial charge is 0.309 e. The van der Waals surface area contributed by atoms with Crippen molar-refractivity contribution >= 4 is 31.6 Å². The maximum atomic E-state index is 13.0. The van der Waals surface area contributed by atoms with Gasteiger partial charge in [-0.05, 0) is 56.7 Å². The summed E-state index contributed by atoms with van der Waals surface area (Å²) in [6.07, 6.45) is 3.10. The molecule has 0 spiro atoms. The van der Waals surface area contributed by atoms with E-state index in [1.165, 1.54) is 10.4 Å². The van der Waals surface area contributed by atoms with E-state index in [2.05, 4.69) is 16.8 Å². The number of hydrogen-bond acceptors (Lipinski definition) is 6. The number of aryl methyl sites for hydroxylation is 2. The first kappa shape index (κ1) is 22.7. The van der Waals surface area contributed by atoms with Gasteiger partial charge in [-0.15, -0.1) is 11.3 Å². The minimum absolute atomic E-state index is 0.0468. The number of nitrogens with one attached hydrogen (secondary N) is 1. The molecule has 3 aromatic rings. The first-order chi connectivity index (χ1) is 15.7. The number of sulfonamides is 1. The Morgan fingerprint density at radius 1 is 1.15 bits per heavy atom. The number of aromatic nitrogens is 2. The highest BCUT2D eigenvalue weighted by molar-refractivity contribution is 7.89. The zero-order valence-corrected chi connectivity index (χ0v) is 20.9. The van der Waals surface area contributed by atoms with E-state index in [1.807, 2.05) is 26.0 Å². The molecule has 1 fully saturated rings. The van der Waals surface area contributed by atoms with Crippen molar-refractivity contribution in [3.8, 4) is 0 Å². The number of fused-ring (bicyclic) bond motifs is 3. The summed E-state index contributed by atoms with van der Waals surface area (Å²) in [6, 6.07) is 6.90. The molecule has 2 aromatic heterocycles. The normalized spacial score (nSPS) is 21.2. The fourth-order valence-corrected chi connectivity index (χ4v) is 7.74. The second kappa shape index (κ2) is 8.61. The fourth-order valence-electron chi connectivity index (χ4n) is 4.93. The third-order valence-electron chi connectivity index (χ3n) is 7.06. The molecular weight excluding hydrogens is 456 g/mol. The van der Waals surface area contributed by atoms with Crippen molar-refractivity contribution in [2.24, 2.45) is 5.92 Å². The Morgan fingerprint density at radius 3 is 2.55 bits per heavy atom. The Labute approximate surface area is 198 Å². The molecule has 0 amide bonds. The quantitative estimate of drug-likeness (QED) is 0.610. The summed E-state index contributed by atoms with van der Waals surface area (Å²) in [7, 11) is -3.50. The van der Waals surface area contributed by atoms with Crippen LogP contribution in [0.15, 0.2) is 34.0 Å². The van der Waals surface area contributed by atoms with Gasteiger partial charge in [0.2, 0.25) is 10.0 Å². The molecule has 176 valence electrons. The smallest absolute Gasteiger partial charge is 0.259 e. The lowest BCUT2D eigenvalue weighted by atomic mass is 9.89.